The molecular weight excluding hydrogens is 436 g/mol. The van der Waals surface area contributed by atoms with E-state index in [2.05, 4.69) is 0 Å². The summed E-state index contributed by atoms with van der Waals surface area (Å²) < 4.78 is 15.8. The molecule has 0 N–H and O–H groups in total. The van der Waals surface area contributed by atoms with Gasteiger partial charge in [0.1, 0.15) is 6.54 Å². The second kappa shape index (κ2) is 10.5. The van der Waals surface area contributed by atoms with Gasteiger partial charge in [0.25, 0.3) is 11.1 Å². The molecule has 0 saturated carbocycles. The smallest absolute Gasteiger partial charge is 0.344 e. The van der Waals surface area contributed by atoms with E-state index in [-0.39, 0.29) is 30.1 Å². The van der Waals surface area contributed by atoms with Gasteiger partial charge in [0.2, 0.25) is 5.91 Å². The third-order valence-corrected chi connectivity index (χ3v) is 5.73. The van der Waals surface area contributed by atoms with Crippen LogP contribution < -0.4 is 9.47 Å². The Bertz CT molecular complexity index is 938. The predicted octanol–water partition coefficient (Wildman–Crippen LogP) is 2.68. The fraction of sp³-hybridized carbons (Fsp3) is 0.455. The highest BCUT2D eigenvalue weighted by Gasteiger charge is 2.37. The molecular formula is C22H26N2O7S. The first-order valence-electron chi connectivity index (χ1n) is 10.3. The minimum atomic E-state index is -0.497. The van der Waals surface area contributed by atoms with Gasteiger partial charge in [0.15, 0.2) is 18.1 Å². The summed E-state index contributed by atoms with van der Waals surface area (Å²) in [7, 11) is 1.45. The number of amides is 3. The lowest BCUT2D eigenvalue weighted by atomic mass is 10.2. The maximum Gasteiger partial charge on any atom is 0.344 e. The molecule has 1 aromatic rings. The summed E-state index contributed by atoms with van der Waals surface area (Å²) in [6.07, 6.45) is 3.20. The van der Waals surface area contributed by atoms with Crippen molar-refractivity contribution in [1.29, 1.82) is 0 Å². The van der Waals surface area contributed by atoms with E-state index in [0.717, 1.165) is 29.5 Å². The molecule has 0 bridgehead atoms. The van der Waals surface area contributed by atoms with Crippen molar-refractivity contribution in [2.75, 3.05) is 33.4 Å². The zero-order chi connectivity index (χ0) is 23.3. The van der Waals surface area contributed by atoms with Gasteiger partial charge in [-0.3, -0.25) is 19.3 Å². The number of esters is 1. The Morgan fingerprint density at radius 1 is 1.16 bits per heavy atom. The van der Waals surface area contributed by atoms with E-state index >= 15 is 0 Å². The lowest BCUT2D eigenvalue weighted by molar-refractivity contribution is -0.149. The second-order valence-corrected chi connectivity index (χ2v) is 8.59. The molecule has 0 aromatic heterocycles. The van der Waals surface area contributed by atoms with E-state index in [1.807, 2.05) is 0 Å². The molecule has 172 valence electrons. The Morgan fingerprint density at radius 3 is 2.53 bits per heavy atom. The summed E-state index contributed by atoms with van der Waals surface area (Å²) in [4.78, 5) is 51.9. The van der Waals surface area contributed by atoms with Crippen molar-refractivity contribution in [3.63, 3.8) is 0 Å². The van der Waals surface area contributed by atoms with Crippen LogP contribution in [0.15, 0.2) is 23.1 Å². The molecule has 1 aromatic carbocycles. The molecule has 2 fully saturated rings. The molecule has 3 amide bonds. The van der Waals surface area contributed by atoms with Crippen molar-refractivity contribution in [2.45, 2.75) is 32.8 Å². The molecule has 0 radical (unpaired) electrons. The molecule has 2 aliphatic heterocycles. The Hall–Kier alpha value is -3.01. The van der Waals surface area contributed by atoms with Crippen molar-refractivity contribution in [3.8, 4) is 11.5 Å². The molecule has 2 saturated heterocycles. The summed E-state index contributed by atoms with van der Waals surface area (Å²) in [5.74, 6) is -0.508. The van der Waals surface area contributed by atoms with Crippen LogP contribution in [0.2, 0.25) is 0 Å². The van der Waals surface area contributed by atoms with Crippen LogP contribution in [0.4, 0.5) is 4.79 Å². The number of methoxy groups -OCH3 is 1. The van der Waals surface area contributed by atoms with E-state index in [4.69, 9.17) is 14.2 Å². The fourth-order valence-electron chi connectivity index (χ4n) is 3.32. The number of likely N-dealkylation sites (tertiary alicyclic amines) is 1. The standard InChI is InChI=1S/C22H26N2O7S/c1-14(2)31-20(26)13-30-16-7-6-15(10-17(16)29-3)11-18-21(27)24(22(28)32-18)12-19(25)23-8-4-5-9-23/h6-7,10-11,14H,4-5,8-9,12-13H2,1-3H3/b18-11-. The number of thioether (sulfide) groups is 1. The van der Waals surface area contributed by atoms with Crippen molar-refractivity contribution in [3.05, 3.63) is 28.7 Å². The lowest BCUT2D eigenvalue weighted by Crippen LogP contribution is -2.40. The van der Waals surface area contributed by atoms with E-state index in [9.17, 15) is 19.2 Å². The number of rotatable bonds is 8. The maximum atomic E-state index is 12.7. The summed E-state index contributed by atoms with van der Waals surface area (Å²) in [6, 6.07) is 4.91. The fourth-order valence-corrected chi connectivity index (χ4v) is 4.15. The monoisotopic (exact) mass is 462 g/mol. The second-order valence-electron chi connectivity index (χ2n) is 7.59. The Balaban J connectivity index is 1.67. The molecule has 2 aliphatic rings. The van der Waals surface area contributed by atoms with Crippen LogP contribution in [-0.4, -0.2) is 72.3 Å². The first-order chi connectivity index (χ1) is 15.3. The van der Waals surface area contributed by atoms with Crippen molar-refractivity contribution >= 4 is 40.9 Å². The van der Waals surface area contributed by atoms with Crippen LogP contribution in [0.5, 0.6) is 11.5 Å². The zero-order valence-electron chi connectivity index (χ0n) is 18.3. The van der Waals surface area contributed by atoms with Crippen LogP contribution in [0, 0.1) is 0 Å². The Labute approximate surface area is 190 Å². The summed E-state index contributed by atoms with van der Waals surface area (Å²) >= 11 is 0.793. The SMILES string of the molecule is COc1cc(/C=C2\SC(=O)N(CC(=O)N3CCCC3)C2=O)ccc1OCC(=O)OC(C)C. The summed E-state index contributed by atoms with van der Waals surface area (Å²) in [6.45, 7) is 4.31. The highest BCUT2D eigenvalue weighted by Crippen LogP contribution is 2.34. The zero-order valence-corrected chi connectivity index (χ0v) is 19.1. The Morgan fingerprint density at radius 2 is 1.88 bits per heavy atom. The Kier molecular flexibility index (Phi) is 7.79. The van der Waals surface area contributed by atoms with Crippen molar-refractivity contribution < 1.29 is 33.4 Å². The van der Waals surface area contributed by atoms with Gasteiger partial charge in [-0.25, -0.2) is 4.79 Å². The molecule has 3 rings (SSSR count). The molecule has 32 heavy (non-hydrogen) atoms. The number of carbonyl (C=O) groups is 4. The minimum absolute atomic E-state index is 0.217. The van der Waals surface area contributed by atoms with Gasteiger partial charge in [0.05, 0.1) is 18.1 Å². The highest BCUT2D eigenvalue weighted by atomic mass is 32.2. The van der Waals surface area contributed by atoms with E-state index in [1.54, 1.807) is 43.0 Å². The van der Waals surface area contributed by atoms with Gasteiger partial charge in [-0.2, -0.15) is 0 Å². The average Bonchev–Trinajstić information content (AvgIpc) is 3.37. The summed E-state index contributed by atoms with van der Waals surface area (Å²) in [5, 5.41) is -0.468. The average molecular weight is 463 g/mol. The maximum absolute atomic E-state index is 12.7. The topological polar surface area (TPSA) is 102 Å². The number of imide groups is 1. The number of carbonyl (C=O) groups excluding carboxylic acids is 4. The van der Waals surface area contributed by atoms with Gasteiger partial charge in [-0.15, -0.1) is 0 Å². The van der Waals surface area contributed by atoms with Crippen LogP contribution in [0.25, 0.3) is 6.08 Å². The molecule has 0 aliphatic carbocycles. The molecule has 9 nitrogen and oxygen atoms in total. The van der Waals surface area contributed by atoms with E-state index in [0.29, 0.717) is 30.2 Å². The number of hydrogen-bond donors (Lipinski definition) is 0. The molecule has 0 unspecified atom stereocenters. The van der Waals surface area contributed by atoms with Crippen molar-refractivity contribution in [2.24, 2.45) is 0 Å². The number of ether oxygens (including phenoxy) is 3. The summed E-state index contributed by atoms with van der Waals surface area (Å²) in [5.41, 5.74) is 0.607. The van der Waals surface area contributed by atoms with Gasteiger partial charge in [0, 0.05) is 13.1 Å². The molecule has 2 heterocycles. The van der Waals surface area contributed by atoms with Gasteiger partial charge < -0.3 is 19.1 Å². The van der Waals surface area contributed by atoms with Crippen LogP contribution in [-0.2, 0) is 19.1 Å². The molecule has 10 heteroatoms. The number of benzene rings is 1. The van der Waals surface area contributed by atoms with Crippen molar-refractivity contribution in [1.82, 2.24) is 9.80 Å². The number of nitrogens with zero attached hydrogens (tertiary/aromatic N) is 2. The quantitative estimate of drug-likeness (QED) is 0.429. The lowest BCUT2D eigenvalue weighted by Gasteiger charge is -2.18. The molecule has 0 spiro atoms. The normalized spacial score (nSPS) is 17.4. The van der Waals surface area contributed by atoms with Gasteiger partial charge in [-0.1, -0.05) is 6.07 Å². The largest absolute Gasteiger partial charge is 0.493 e. The number of hydrogen-bond acceptors (Lipinski definition) is 8. The predicted molar refractivity (Wildman–Crippen MR) is 118 cm³/mol. The van der Waals surface area contributed by atoms with Crippen LogP contribution in [0.1, 0.15) is 32.3 Å². The third-order valence-electron chi connectivity index (χ3n) is 4.82. The first-order valence-corrected chi connectivity index (χ1v) is 11.1. The minimum Gasteiger partial charge on any atom is -0.493 e. The molecule has 0 atom stereocenters. The van der Waals surface area contributed by atoms with Crippen LogP contribution >= 0.6 is 11.8 Å². The third kappa shape index (κ3) is 5.82. The van der Waals surface area contributed by atoms with Gasteiger partial charge in [-0.05, 0) is 62.2 Å². The highest BCUT2D eigenvalue weighted by molar-refractivity contribution is 8.18. The first kappa shape index (κ1) is 23.6. The van der Waals surface area contributed by atoms with Crippen LogP contribution in [0.3, 0.4) is 0 Å². The van der Waals surface area contributed by atoms with Gasteiger partial charge >= 0.3 is 5.97 Å². The van der Waals surface area contributed by atoms with E-state index < -0.39 is 17.1 Å². The van der Waals surface area contributed by atoms with E-state index in [1.165, 1.54) is 7.11 Å².